The lowest BCUT2D eigenvalue weighted by atomic mass is 9.77. The van der Waals surface area contributed by atoms with Gasteiger partial charge in [0.2, 0.25) is 12.6 Å². The summed E-state index contributed by atoms with van der Waals surface area (Å²) >= 11 is 0. The number of furan rings is 1. The Balaban J connectivity index is 1.57. The van der Waals surface area contributed by atoms with Gasteiger partial charge in [0.15, 0.2) is 23.2 Å². The summed E-state index contributed by atoms with van der Waals surface area (Å²) in [6.07, 6.45) is 0.671. The van der Waals surface area contributed by atoms with Crippen molar-refractivity contribution >= 4 is 16.8 Å². The van der Waals surface area contributed by atoms with Crippen LogP contribution in [0.15, 0.2) is 41.0 Å². The van der Waals surface area contributed by atoms with Crippen LogP contribution in [0.1, 0.15) is 15.9 Å². The van der Waals surface area contributed by atoms with Gasteiger partial charge in [0.25, 0.3) is 0 Å². The van der Waals surface area contributed by atoms with E-state index in [9.17, 15) is 9.90 Å². The predicted octanol–water partition coefficient (Wildman–Crippen LogP) is 2.39. The van der Waals surface area contributed by atoms with Gasteiger partial charge in [-0.25, -0.2) is 0 Å². The molecule has 0 saturated carbocycles. The molecule has 3 aromatic rings. The molecule has 2 aromatic carbocycles. The second kappa shape index (κ2) is 4.50. The third kappa shape index (κ3) is 1.58. The average molecular weight is 352 g/mol. The predicted molar refractivity (Wildman–Crippen MR) is 86.9 cm³/mol. The molecule has 130 valence electrons. The SMILES string of the molecule is O=C1c2cc3ccoc3cc2O[C@H]2COc3cc4c(cc3[C@]12O)OCO4. The molecule has 0 saturated heterocycles. The molecule has 2 atom stereocenters. The lowest BCUT2D eigenvalue weighted by molar-refractivity contribution is -0.0798. The molecule has 0 aliphatic carbocycles. The fraction of sp³-hybridized carbons (Fsp3) is 0.211. The quantitative estimate of drug-likeness (QED) is 0.665. The highest BCUT2D eigenvalue weighted by Crippen LogP contribution is 2.50. The van der Waals surface area contributed by atoms with Crippen LogP contribution in [0.2, 0.25) is 0 Å². The van der Waals surface area contributed by atoms with Crippen LogP contribution in [0.25, 0.3) is 11.0 Å². The van der Waals surface area contributed by atoms with Crippen molar-refractivity contribution in [1.29, 1.82) is 0 Å². The van der Waals surface area contributed by atoms with Gasteiger partial charge in [-0.05, 0) is 18.2 Å². The molecule has 0 fully saturated rings. The summed E-state index contributed by atoms with van der Waals surface area (Å²) in [6.45, 7) is 0.121. The van der Waals surface area contributed by atoms with Crippen molar-refractivity contribution in [3.05, 3.63) is 47.7 Å². The maximum absolute atomic E-state index is 13.3. The van der Waals surface area contributed by atoms with Crippen LogP contribution in [0.5, 0.6) is 23.0 Å². The standard InChI is InChI=1S/C19H12O7/c20-18-10-3-9-1-2-22-12(9)5-13(10)26-17-7-23-14-6-16-15(24-8-25-16)4-11(14)19(17,18)21/h1-6,17,21H,7-8H2/t17-,19+/m0/s1. The maximum Gasteiger partial charge on any atom is 0.231 e. The molecule has 0 amide bonds. The second-order valence-electron chi connectivity index (χ2n) is 6.52. The zero-order chi connectivity index (χ0) is 17.5. The molecule has 0 spiro atoms. The van der Waals surface area contributed by atoms with Gasteiger partial charge in [0.05, 0.1) is 11.8 Å². The van der Waals surface area contributed by atoms with Crippen molar-refractivity contribution in [3.8, 4) is 23.0 Å². The van der Waals surface area contributed by atoms with E-state index in [2.05, 4.69) is 0 Å². The topological polar surface area (TPSA) is 87.4 Å². The molecule has 1 aromatic heterocycles. The number of fused-ring (bicyclic) bond motifs is 6. The summed E-state index contributed by atoms with van der Waals surface area (Å²) in [5, 5.41) is 12.2. The summed E-state index contributed by atoms with van der Waals surface area (Å²) in [7, 11) is 0. The Kier molecular flexibility index (Phi) is 2.43. The summed E-state index contributed by atoms with van der Waals surface area (Å²) in [6, 6.07) is 8.32. The minimum Gasteiger partial charge on any atom is -0.489 e. The number of aliphatic hydroxyl groups is 1. The Morgan fingerprint density at radius 1 is 1.00 bits per heavy atom. The summed E-state index contributed by atoms with van der Waals surface area (Å²) in [5.74, 6) is 1.31. The molecule has 6 rings (SSSR count). The molecule has 26 heavy (non-hydrogen) atoms. The number of hydrogen-bond acceptors (Lipinski definition) is 7. The highest BCUT2D eigenvalue weighted by Gasteiger charge is 2.56. The Labute approximate surface area is 146 Å². The summed E-state index contributed by atoms with van der Waals surface area (Å²) in [4.78, 5) is 13.3. The van der Waals surface area contributed by atoms with E-state index in [-0.39, 0.29) is 13.4 Å². The molecule has 0 bridgehead atoms. The number of carbonyl (C=O) groups is 1. The number of Topliss-reactive ketones (excluding diaryl/α,β-unsaturated/α-hetero) is 1. The molecule has 3 aliphatic rings. The minimum atomic E-state index is -1.86. The van der Waals surface area contributed by atoms with Gasteiger partial charge in [-0.2, -0.15) is 0 Å². The third-order valence-electron chi connectivity index (χ3n) is 5.16. The number of ketones is 1. The van der Waals surface area contributed by atoms with Crippen molar-refractivity contribution in [2.75, 3.05) is 13.4 Å². The Hall–Kier alpha value is -3.19. The van der Waals surface area contributed by atoms with Crippen molar-refractivity contribution in [2.45, 2.75) is 11.7 Å². The lowest BCUT2D eigenvalue weighted by Gasteiger charge is -2.42. The van der Waals surface area contributed by atoms with E-state index in [1.54, 1.807) is 36.6 Å². The van der Waals surface area contributed by atoms with Crippen molar-refractivity contribution in [1.82, 2.24) is 0 Å². The Bertz CT molecular complexity index is 1100. The fourth-order valence-electron chi connectivity index (χ4n) is 3.81. The molecular weight excluding hydrogens is 340 g/mol. The number of carbonyl (C=O) groups excluding carboxylic acids is 1. The molecule has 1 N–H and O–H groups in total. The van der Waals surface area contributed by atoms with Gasteiger partial charge in [-0.1, -0.05) is 0 Å². The maximum atomic E-state index is 13.3. The molecule has 3 aliphatic heterocycles. The van der Waals surface area contributed by atoms with E-state index >= 15 is 0 Å². The normalized spacial score (nSPS) is 25.1. The van der Waals surface area contributed by atoms with Gasteiger partial charge in [-0.15, -0.1) is 0 Å². The van der Waals surface area contributed by atoms with Gasteiger partial charge in [0.1, 0.15) is 23.7 Å². The molecule has 4 heterocycles. The van der Waals surface area contributed by atoms with Gasteiger partial charge in [-0.3, -0.25) is 4.79 Å². The van der Waals surface area contributed by atoms with Crippen LogP contribution in [0.4, 0.5) is 0 Å². The fourth-order valence-corrected chi connectivity index (χ4v) is 3.81. The van der Waals surface area contributed by atoms with Crippen molar-refractivity contribution in [3.63, 3.8) is 0 Å². The van der Waals surface area contributed by atoms with Crippen LogP contribution in [-0.4, -0.2) is 30.4 Å². The zero-order valence-electron chi connectivity index (χ0n) is 13.4. The molecule has 0 radical (unpaired) electrons. The van der Waals surface area contributed by atoms with Crippen LogP contribution in [0, 0.1) is 0 Å². The average Bonchev–Trinajstić information content (AvgIpc) is 3.28. The lowest BCUT2D eigenvalue weighted by Crippen LogP contribution is -2.57. The Morgan fingerprint density at radius 2 is 1.85 bits per heavy atom. The number of hydrogen-bond donors (Lipinski definition) is 1. The van der Waals surface area contributed by atoms with E-state index < -0.39 is 17.5 Å². The van der Waals surface area contributed by atoms with Crippen LogP contribution in [-0.2, 0) is 5.60 Å². The van der Waals surface area contributed by atoms with E-state index in [4.69, 9.17) is 23.4 Å². The number of benzene rings is 2. The number of ether oxygens (including phenoxy) is 4. The first-order valence-electron chi connectivity index (χ1n) is 8.16. The molecular formula is C19H12O7. The highest BCUT2D eigenvalue weighted by molar-refractivity contribution is 6.09. The van der Waals surface area contributed by atoms with Gasteiger partial charge < -0.3 is 28.5 Å². The first kappa shape index (κ1) is 14.0. The van der Waals surface area contributed by atoms with Crippen LogP contribution in [0.3, 0.4) is 0 Å². The first-order valence-corrected chi connectivity index (χ1v) is 8.16. The van der Waals surface area contributed by atoms with E-state index in [1.165, 1.54) is 0 Å². The minimum absolute atomic E-state index is 0.0323. The first-order chi connectivity index (χ1) is 12.6. The monoisotopic (exact) mass is 352 g/mol. The van der Waals surface area contributed by atoms with Crippen molar-refractivity contribution < 1.29 is 33.3 Å². The number of rotatable bonds is 0. The molecule has 7 heteroatoms. The Morgan fingerprint density at radius 3 is 2.73 bits per heavy atom. The molecule has 0 unspecified atom stereocenters. The van der Waals surface area contributed by atoms with Crippen molar-refractivity contribution in [2.24, 2.45) is 0 Å². The molecule has 7 nitrogen and oxygen atoms in total. The van der Waals surface area contributed by atoms with E-state index in [0.717, 1.165) is 5.39 Å². The second-order valence-corrected chi connectivity index (χ2v) is 6.52. The van der Waals surface area contributed by atoms with Gasteiger partial charge in [0, 0.05) is 23.1 Å². The van der Waals surface area contributed by atoms with Crippen LogP contribution >= 0.6 is 0 Å². The smallest absolute Gasteiger partial charge is 0.231 e. The summed E-state index contributed by atoms with van der Waals surface area (Å²) < 4.78 is 27.8. The largest absolute Gasteiger partial charge is 0.489 e. The van der Waals surface area contributed by atoms with E-state index in [1.807, 2.05) is 0 Å². The third-order valence-corrected chi connectivity index (χ3v) is 5.16. The zero-order valence-corrected chi connectivity index (χ0v) is 13.4. The van der Waals surface area contributed by atoms with Gasteiger partial charge >= 0.3 is 0 Å². The van der Waals surface area contributed by atoms with E-state index in [0.29, 0.717) is 39.7 Å². The highest BCUT2D eigenvalue weighted by atomic mass is 16.7. The van der Waals surface area contributed by atoms with Crippen LogP contribution < -0.4 is 18.9 Å². The summed E-state index contributed by atoms with van der Waals surface area (Å²) in [5.41, 5.74) is -0.620.